The van der Waals surface area contributed by atoms with Gasteiger partial charge in [-0.2, -0.15) is 5.10 Å². The number of nitrogens with one attached hydrogen (secondary N) is 2. The van der Waals surface area contributed by atoms with E-state index in [4.69, 9.17) is 17.0 Å². The third kappa shape index (κ3) is 5.34. The third-order valence-electron chi connectivity index (χ3n) is 2.15. The number of ether oxygens (including phenoxy) is 1. The Morgan fingerprint density at radius 3 is 2.65 bits per heavy atom. The fraction of sp³-hybridized carbons (Fsp3) is 0.385. The van der Waals surface area contributed by atoms with Crippen LogP contribution in [-0.4, -0.2) is 29.1 Å². The first-order valence-electron chi connectivity index (χ1n) is 5.90. The van der Waals surface area contributed by atoms with Crippen molar-refractivity contribution in [2.45, 2.75) is 26.3 Å². The minimum absolute atomic E-state index is 0.0240. The molecule has 0 aliphatic heterocycles. The summed E-state index contributed by atoms with van der Waals surface area (Å²) in [5.74, 6) is 0.396. The first kappa shape index (κ1) is 16.7. The summed E-state index contributed by atoms with van der Waals surface area (Å²) >= 11 is 8.43. The Labute approximate surface area is 132 Å². The highest BCUT2D eigenvalue weighted by molar-refractivity contribution is 9.10. The molecule has 7 heteroatoms. The highest BCUT2D eigenvalue weighted by atomic mass is 79.9. The smallest absolute Gasteiger partial charge is 0.187 e. The van der Waals surface area contributed by atoms with Crippen molar-refractivity contribution in [3.8, 4) is 11.5 Å². The summed E-state index contributed by atoms with van der Waals surface area (Å²) in [6.45, 7) is 5.99. The molecule has 3 N–H and O–H groups in total. The number of benzene rings is 1. The number of phenols is 1. The summed E-state index contributed by atoms with van der Waals surface area (Å²) in [6, 6.07) is 3.40. The molecule has 0 aromatic heterocycles. The molecular formula is C13H18BrN3O2S. The fourth-order valence-electron chi connectivity index (χ4n) is 1.38. The Morgan fingerprint density at radius 2 is 2.10 bits per heavy atom. The maximum atomic E-state index is 9.95. The van der Waals surface area contributed by atoms with Gasteiger partial charge in [-0.1, -0.05) is 15.9 Å². The number of aromatic hydroxyl groups is 1. The first-order chi connectivity index (χ1) is 9.23. The molecule has 1 aromatic carbocycles. The summed E-state index contributed by atoms with van der Waals surface area (Å²) in [7, 11) is 1.49. The third-order valence-corrected chi connectivity index (χ3v) is 2.80. The normalized spacial score (nSPS) is 11.4. The number of thiocarbonyl (C=S) groups is 1. The Kier molecular flexibility index (Phi) is 5.76. The molecule has 0 heterocycles. The van der Waals surface area contributed by atoms with E-state index in [1.165, 1.54) is 13.3 Å². The van der Waals surface area contributed by atoms with E-state index in [1.54, 1.807) is 12.1 Å². The molecule has 0 unspecified atom stereocenters. The molecule has 0 aliphatic rings. The van der Waals surface area contributed by atoms with Crippen molar-refractivity contribution < 1.29 is 9.84 Å². The van der Waals surface area contributed by atoms with Crippen molar-refractivity contribution in [2.24, 2.45) is 5.10 Å². The van der Waals surface area contributed by atoms with Crippen LogP contribution < -0.4 is 15.5 Å². The quantitative estimate of drug-likeness (QED) is 0.440. The Bertz CT molecular complexity index is 527. The number of hydrogen-bond donors (Lipinski definition) is 3. The lowest BCUT2D eigenvalue weighted by Crippen LogP contribution is -2.44. The van der Waals surface area contributed by atoms with Crippen LogP contribution in [0.3, 0.4) is 0 Å². The molecule has 110 valence electrons. The monoisotopic (exact) mass is 359 g/mol. The van der Waals surface area contributed by atoms with Gasteiger partial charge in [-0.3, -0.25) is 5.43 Å². The van der Waals surface area contributed by atoms with E-state index in [0.717, 1.165) is 4.47 Å². The predicted octanol–water partition coefficient (Wildman–Crippen LogP) is 2.76. The lowest BCUT2D eigenvalue weighted by atomic mass is 10.1. The molecule has 0 atom stereocenters. The molecule has 0 amide bonds. The van der Waals surface area contributed by atoms with E-state index in [1.807, 2.05) is 20.8 Å². The summed E-state index contributed by atoms with van der Waals surface area (Å²) < 4.78 is 5.84. The van der Waals surface area contributed by atoms with Gasteiger partial charge in [-0.15, -0.1) is 0 Å². The van der Waals surface area contributed by atoms with Crippen molar-refractivity contribution in [1.82, 2.24) is 10.7 Å². The van der Waals surface area contributed by atoms with Crippen LogP contribution in [0.1, 0.15) is 26.3 Å². The fourth-order valence-corrected chi connectivity index (χ4v) is 2.19. The van der Waals surface area contributed by atoms with Gasteiger partial charge >= 0.3 is 0 Å². The highest BCUT2D eigenvalue weighted by Crippen LogP contribution is 2.32. The van der Waals surface area contributed by atoms with Crippen LogP contribution in [0, 0.1) is 0 Å². The predicted molar refractivity (Wildman–Crippen MR) is 88.6 cm³/mol. The van der Waals surface area contributed by atoms with Crippen molar-refractivity contribution >= 4 is 39.5 Å². The Balaban J connectivity index is 2.76. The molecule has 1 rings (SSSR count). The van der Waals surface area contributed by atoms with E-state index in [2.05, 4.69) is 31.8 Å². The van der Waals surface area contributed by atoms with Gasteiger partial charge in [-0.25, -0.2) is 0 Å². The van der Waals surface area contributed by atoms with E-state index >= 15 is 0 Å². The summed E-state index contributed by atoms with van der Waals surface area (Å²) in [5, 5.41) is 17.4. The Hall–Kier alpha value is -1.34. The number of phenolic OH excluding ortho intramolecular Hbond substituents is 1. The lowest BCUT2D eigenvalue weighted by Gasteiger charge is -2.21. The van der Waals surface area contributed by atoms with Gasteiger partial charge in [0.2, 0.25) is 0 Å². The van der Waals surface area contributed by atoms with Crippen LogP contribution in [-0.2, 0) is 0 Å². The maximum Gasteiger partial charge on any atom is 0.187 e. The van der Waals surface area contributed by atoms with Crippen molar-refractivity contribution in [3.63, 3.8) is 0 Å². The van der Waals surface area contributed by atoms with Gasteiger partial charge in [-0.05, 0) is 45.1 Å². The number of methoxy groups -OCH3 is 1. The number of hydrogen-bond acceptors (Lipinski definition) is 4. The van der Waals surface area contributed by atoms with E-state index in [-0.39, 0.29) is 11.3 Å². The number of rotatable bonds is 3. The van der Waals surface area contributed by atoms with Gasteiger partial charge in [0.15, 0.2) is 16.6 Å². The molecule has 5 nitrogen and oxygen atoms in total. The van der Waals surface area contributed by atoms with E-state index < -0.39 is 0 Å². The molecule has 0 fully saturated rings. The van der Waals surface area contributed by atoms with Gasteiger partial charge in [0.1, 0.15) is 0 Å². The van der Waals surface area contributed by atoms with Gasteiger partial charge in [0.25, 0.3) is 0 Å². The van der Waals surface area contributed by atoms with Gasteiger partial charge in [0, 0.05) is 15.6 Å². The molecule has 20 heavy (non-hydrogen) atoms. The minimum Gasteiger partial charge on any atom is -0.504 e. The van der Waals surface area contributed by atoms with Crippen LogP contribution in [0.2, 0.25) is 0 Å². The molecular weight excluding hydrogens is 342 g/mol. The van der Waals surface area contributed by atoms with Crippen molar-refractivity contribution in [3.05, 3.63) is 22.2 Å². The maximum absolute atomic E-state index is 9.95. The van der Waals surface area contributed by atoms with Crippen LogP contribution in [0.5, 0.6) is 11.5 Å². The molecule has 0 spiro atoms. The van der Waals surface area contributed by atoms with Crippen LogP contribution in [0.4, 0.5) is 0 Å². The van der Waals surface area contributed by atoms with Crippen LogP contribution >= 0.6 is 28.1 Å². The molecule has 0 aliphatic carbocycles. The highest BCUT2D eigenvalue weighted by Gasteiger charge is 2.10. The second kappa shape index (κ2) is 6.90. The summed E-state index contributed by atoms with van der Waals surface area (Å²) in [5.41, 5.74) is 3.07. The molecule has 0 radical (unpaired) electrons. The first-order valence-corrected chi connectivity index (χ1v) is 7.11. The zero-order valence-corrected chi connectivity index (χ0v) is 14.2. The standard InChI is InChI=1S/C13H18BrN3O2S/c1-13(2,3)16-12(20)17-15-7-8-5-9(14)6-10(19-4)11(8)18/h5-7,18H,1-4H3,(H2,16,17,20)/b15-7-. The molecule has 1 aromatic rings. The second-order valence-corrected chi connectivity index (χ2v) is 6.44. The number of hydrazone groups is 1. The van der Waals surface area contributed by atoms with Crippen molar-refractivity contribution in [1.29, 1.82) is 0 Å². The zero-order chi connectivity index (χ0) is 15.3. The number of halogens is 1. The average molecular weight is 360 g/mol. The average Bonchev–Trinajstić information content (AvgIpc) is 2.30. The van der Waals surface area contributed by atoms with Gasteiger partial charge < -0.3 is 15.2 Å². The zero-order valence-electron chi connectivity index (χ0n) is 11.8. The van der Waals surface area contributed by atoms with Gasteiger partial charge in [0.05, 0.1) is 13.3 Å². The second-order valence-electron chi connectivity index (χ2n) is 5.12. The van der Waals surface area contributed by atoms with Crippen LogP contribution in [0.25, 0.3) is 0 Å². The largest absolute Gasteiger partial charge is 0.504 e. The van der Waals surface area contributed by atoms with Crippen LogP contribution in [0.15, 0.2) is 21.7 Å². The topological polar surface area (TPSA) is 65.9 Å². The minimum atomic E-state index is -0.138. The lowest BCUT2D eigenvalue weighted by molar-refractivity contribution is 0.373. The summed E-state index contributed by atoms with van der Waals surface area (Å²) in [4.78, 5) is 0. The molecule has 0 bridgehead atoms. The van der Waals surface area contributed by atoms with E-state index in [9.17, 15) is 5.11 Å². The van der Waals surface area contributed by atoms with Crippen molar-refractivity contribution in [2.75, 3.05) is 7.11 Å². The molecule has 0 saturated heterocycles. The van der Waals surface area contributed by atoms with E-state index in [0.29, 0.717) is 16.4 Å². The number of nitrogens with zero attached hydrogens (tertiary/aromatic N) is 1. The summed E-state index contributed by atoms with van der Waals surface area (Å²) in [6.07, 6.45) is 1.47. The Morgan fingerprint density at radius 1 is 1.45 bits per heavy atom. The SMILES string of the molecule is COc1cc(Br)cc(/C=N\NC(=S)NC(C)(C)C)c1O. The molecule has 0 saturated carbocycles.